The van der Waals surface area contributed by atoms with Crippen LogP contribution in [0.15, 0.2) is 36.0 Å². The number of nitrogens with one attached hydrogen (secondary N) is 2. The number of carbonyl (C=O) groups is 2. The molecule has 1 aliphatic heterocycles. The predicted octanol–water partition coefficient (Wildman–Crippen LogP) is 6.48. The number of aliphatic hydroxyl groups excluding tert-OH is 1. The largest absolute Gasteiger partial charge is 0.465 e. The summed E-state index contributed by atoms with van der Waals surface area (Å²) < 4.78 is 17.4. The molecule has 4 fully saturated rings. The van der Waals surface area contributed by atoms with E-state index in [9.17, 15) is 14.7 Å². The molecule has 0 spiro atoms. The number of benzene rings is 1. The lowest BCUT2D eigenvalue weighted by molar-refractivity contribution is -0.245. The standard InChI is InChI=1S/C40H54N4O6/c1-26(42-25-39-20-37(5)19-38(6,21-39)23-40(22-37,24-39)49-16-15-45)30(17-41)28-11-12-32(43-33(28)35(47)50-36(2,3)4)44-14-13-27-9-8-10-29(31(27)18-44)34(46)48-7/h8-12,17,41-42,45H,13-16,18-25H2,1-7H3/b30-26+,41-17?. The topological polar surface area (TPSA) is 134 Å². The Kier molecular flexibility index (Phi) is 9.44. The van der Waals surface area contributed by atoms with Gasteiger partial charge in [0.2, 0.25) is 0 Å². The van der Waals surface area contributed by atoms with Gasteiger partial charge in [0.25, 0.3) is 0 Å². The normalized spacial score (nSPS) is 28.8. The Morgan fingerprint density at radius 2 is 1.74 bits per heavy atom. The molecular weight excluding hydrogens is 632 g/mol. The zero-order valence-corrected chi connectivity index (χ0v) is 30.8. The second-order valence-electron chi connectivity index (χ2n) is 17.1. The van der Waals surface area contributed by atoms with Crippen molar-refractivity contribution in [1.29, 1.82) is 5.41 Å². The Hall–Kier alpha value is -3.76. The van der Waals surface area contributed by atoms with Gasteiger partial charge in [0.1, 0.15) is 11.4 Å². The minimum absolute atomic E-state index is 0.0197. The van der Waals surface area contributed by atoms with Crippen molar-refractivity contribution in [1.82, 2.24) is 10.3 Å². The number of aliphatic hydroxyl groups is 1. The van der Waals surface area contributed by atoms with E-state index in [0.717, 1.165) is 55.5 Å². The van der Waals surface area contributed by atoms with E-state index in [1.165, 1.54) is 19.7 Å². The van der Waals surface area contributed by atoms with E-state index in [1.54, 1.807) is 6.07 Å². The monoisotopic (exact) mass is 686 g/mol. The summed E-state index contributed by atoms with van der Waals surface area (Å²) in [6, 6.07) is 9.43. The SMILES string of the molecule is COC(=O)c1cccc2c1CN(c1ccc(/C(C=N)=C(\C)NCC34CC5(C)CC(C)(C3)CC(OCCO)(C5)C4)c(C(=O)OC(C)(C)C)n1)CC2. The van der Waals surface area contributed by atoms with Gasteiger partial charge in [-0.2, -0.15) is 0 Å². The first-order chi connectivity index (χ1) is 23.5. The van der Waals surface area contributed by atoms with Crippen molar-refractivity contribution < 1.29 is 28.9 Å². The number of pyridine rings is 1. The highest BCUT2D eigenvalue weighted by Gasteiger charge is 2.66. The summed E-state index contributed by atoms with van der Waals surface area (Å²) in [6.45, 7) is 14.5. The van der Waals surface area contributed by atoms with Crippen LogP contribution in [0, 0.1) is 21.7 Å². The summed E-state index contributed by atoms with van der Waals surface area (Å²) in [5.41, 5.74) is 3.99. The highest BCUT2D eigenvalue weighted by atomic mass is 16.6. The van der Waals surface area contributed by atoms with Gasteiger partial charge in [0, 0.05) is 42.7 Å². The van der Waals surface area contributed by atoms with Gasteiger partial charge < -0.3 is 34.9 Å². The predicted molar refractivity (Wildman–Crippen MR) is 193 cm³/mol. The first kappa shape index (κ1) is 36.0. The summed E-state index contributed by atoms with van der Waals surface area (Å²) in [5.74, 6) is -0.341. The van der Waals surface area contributed by atoms with Gasteiger partial charge in [-0.15, -0.1) is 0 Å². The Bertz CT molecular complexity index is 1690. The van der Waals surface area contributed by atoms with Crippen LogP contribution in [0.3, 0.4) is 0 Å². The number of anilines is 1. The number of carbonyl (C=O) groups excluding carboxylic acids is 2. The Morgan fingerprint density at radius 1 is 1.02 bits per heavy atom. The molecule has 10 nitrogen and oxygen atoms in total. The first-order valence-corrected chi connectivity index (χ1v) is 17.9. The molecule has 3 N–H and O–H groups in total. The van der Waals surface area contributed by atoms with Crippen molar-refractivity contribution in [2.45, 2.75) is 104 Å². The van der Waals surface area contributed by atoms with Crippen molar-refractivity contribution >= 4 is 29.5 Å². The number of hydrogen-bond donors (Lipinski definition) is 3. The lowest BCUT2D eigenvalue weighted by Crippen LogP contribution is -2.65. The maximum absolute atomic E-state index is 13.8. The number of nitrogens with zero attached hydrogens (tertiary/aromatic N) is 2. The number of hydrogen-bond acceptors (Lipinski definition) is 10. The van der Waals surface area contributed by atoms with Gasteiger partial charge in [-0.05, 0) is 118 Å². The van der Waals surface area contributed by atoms with E-state index in [2.05, 4.69) is 24.1 Å². The van der Waals surface area contributed by atoms with Gasteiger partial charge in [-0.1, -0.05) is 26.0 Å². The number of methoxy groups -OCH3 is 1. The molecule has 10 heteroatoms. The van der Waals surface area contributed by atoms with E-state index in [4.69, 9.17) is 24.6 Å². The molecule has 4 saturated carbocycles. The van der Waals surface area contributed by atoms with E-state index < -0.39 is 11.6 Å². The molecule has 50 heavy (non-hydrogen) atoms. The van der Waals surface area contributed by atoms with E-state index in [0.29, 0.717) is 48.6 Å². The third-order valence-corrected chi connectivity index (χ3v) is 11.2. The second-order valence-corrected chi connectivity index (χ2v) is 17.1. The third kappa shape index (κ3) is 7.06. The molecule has 2 atom stereocenters. The average molecular weight is 687 g/mol. The quantitative estimate of drug-likeness (QED) is 0.179. The number of allylic oxidation sites excluding steroid dienone is 2. The lowest BCUT2D eigenvalue weighted by atomic mass is 9.39. The molecule has 4 bridgehead atoms. The number of fused-ring (bicyclic) bond motifs is 1. The van der Waals surface area contributed by atoms with Gasteiger partial charge in [0.05, 0.1) is 31.5 Å². The fraction of sp³-hybridized carbons (Fsp3) is 0.600. The molecule has 2 aromatic rings. The van der Waals surface area contributed by atoms with E-state index in [1.807, 2.05) is 52.0 Å². The van der Waals surface area contributed by atoms with Crippen molar-refractivity contribution in [3.63, 3.8) is 0 Å². The number of ether oxygens (including phenoxy) is 3. The van der Waals surface area contributed by atoms with Gasteiger partial charge in [-0.3, -0.25) is 0 Å². The average Bonchev–Trinajstić information content (AvgIpc) is 3.03. The fourth-order valence-electron chi connectivity index (χ4n) is 10.6. The summed E-state index contributed by atoms with van der Waals surface area (Å²) in [6.07, 6.45) is 8.42. The Labute approximate surface area is 296 Å². The first-order valence-electron chi connectivity index (χ1n) is 17.9. The highest BCUT2D eigenvalue weighted by Crippen LogP contribution is 2.71. The molecule has 270 valence electrons. The van der Waals surface area contributed by atoms with Crippen molar-refractivity contribution in [2.75, 3.05) is 38.3 Å². The second kappa shape index (κ2) is 13.1. The van der Waals surface area contributed by atoms with E-state index >= 15 is 0 Å². The minimum Gasteiger partial charge on any atom is -0.465 e. The number of esters is 2. The molecule has 7 rings (SSSR count). The van der Waals surface area contributed by atoms with Crippen LogP contribution < -0.4 is 10.2 Å². The molecule has 2 heterocycles. The maximum Gasteiger partial charge on any atom is 0.358 e. The summed E-state index contributed by atoms with van der Waals surface area (Å²) in [4.78, 5) is 33.3. The molecule has 4 aliphatic carbocycles. The van der Waals surface area contributed by atoms with Crippen LogP contribution in [0.4, 0.5) is 5.82 Å². The van der Waals surface area contributed by atoms with Crippen LogP contribution in [0.2, 0.25) is 0 Å². The molecule has 2 unspecified atom stereocenters. The number of rotatable bonds is 11. The summed E-state index contributed by atoms with van der Waals surface area (Å²) in [7, 11) is 1.38. The zero-order chi connectivity index (χ0) is 36.1. The Morgan fingerprint density at radius 3 is 2.38 bits per heavy atom. The lowest BCUT2D eigenvalue weighted by Gasteiger charge is -2.69. The highest BCUT2D eigenvalue weighted by molar-refractivity contribution is 6.12. The fourth-order valence-corrected chi connectivity index (χ4v) is 10.6. The van der Waals surface area contributed by atoms with Crippen LogP contribution in [0.25, 0.3) is 5.57 Å². The van der Waals surface area contributed by atoms with Crippen molar-refractivity contribution in [3.8, 4) is 0 Å². The molecule has 0 amide bonds. The van der Waals surface area contributed by atoms with E-state index in [-0.39, 0.29) is 40.1 Å². The Balaban J connectivity index is 1.31. The maximum atomic E-state index is 13.8. The minimum atomic E-state index is -0.744. The molecule has 0 radical (unpaired) electrons. The number of aromatic nitrogens is 1. The van der Waals surface area contributed by atoms with Crippen LogP contribution in [-0.2, 0) is 27.2 Å². The molecule has 1 aromatic heterocycles. The summed E-state index contributed by atoms with van der Waals surface area (Å²) in [5, 5.41) is 21.8. The third-order valence-electron chi connectivity index (χ3n) is 11.2. The zero-order valence-electron chi connectivity index (χ0n) is 30.8. The van der Waals surface area contributed by atoms with Crippen LogP contribution in [0.5, 0.6) is 0 Å². The molecular formula is C40H54N4O6. The molecule has 0 saturated heterocycles. The molecule has 5 aliphatic rings. The van der Waals surface area contributed by atoms with Crippen LogP contribution >= 0.6 is 0 Å². The van der Waals surface area contributed by atoms with Gasteiger partial charge in [0.15, 0.2) is 5.69 Å². The molecule has 1 aromatic carbocycles. The van der Waals surface area contributed by atoms with Crippen LogP contribution in [0.1, 0.15) is 118 Å². The van der Waals surface area contributed by atoms with Gasteiger partial charge in [-0.25, -0.2) is 14.6 Å². The van der Waals surface area contributed by atoms with Crippen molar-refractivity contribution in [2.24, 2.45) is 16.2 Å². The summed E-state index contributed by atoms with van der Waals surface area (Å²) >= 11 is 0. The van der Waals surface area contributed by atoms with Gasteiger partial charge >= 0.3 is 11.9 Å². The van der Waals surface area contributed by atoms with Crippen LogP contribution in [-0.4, -0.2) is 72.9 Å². The van der Waals surface area contributed by atoms with Crippen molar-refractivity contribution in [3.05, 3.63) is 64.0 Å². The smallest absolute Gasteiger partial charge is 0.358 e.